The highest BCUT2D eigenvalue weighted by Gasteiger charge is 2.48. The number of hydrogen-bond donors (Lipinski definition) is 1. The van der Waals surface area contributed by atoms with Gasteiger partial charge in [-0.1, -0.05) is 24.3 Å². The van der Waals surface area contributed by atoms with Crippen molar-refractivity contribution < 1.29 is 26.3 Å². The second kappa shape index (κ2) is 5.28. The highest BCUT2D eigenvalue weighted by Crippen LogP contribution is 2.38. The van der Waals surface area contributed by atoms with Crippen LogP contribution in [-0.4, -0.2) is 13.9 Å². The number of sulfone groups is 1. The molecule has 0 aliphatic heterocycles. The van der Waals surface area contributed by atoms with Crippen LogP contribution in [-0.2, 0) is 9.84 Å². The lowest BCUT2D eigenvalue weighted by atomic mass is 10.3. The lowest BCUT2D eigenvalue weighted by Gasteiger charge is -2.14. The molecule has 0 spiro atoms. The Hall–Kier alpha value is -2.22. The number of halogens is 3. The van der Waals surface area contributed by atoms with Crippen molar-refractivity contribution in [2.24, 2.45) is 0 Å². The molecule has 0 fully saturated rings. The van der Waals surface area contributed by atoms with E-state index in [1.54, 1.807) is 12.1 Å². The molecular weight excluding hydrogens is 307 g/mol. The molecule has 0 amide bonds. The van der Waals surface area contributed by atoms with Gasteiger partial charge in [-0.15, -0.1) is 0 Å². The predicted molar refractivity (Wildman–Crippen MR) is 70.6 cm³/mol. The monoisotopic (exact) mass is 317 g/mol. The highest BCUT2D eigenvalue weighted by atomic mass is 32.2. The third kappa shape index (κ3) is 2.94. The number of anilines is 1. The number of nitrogen functional groups attached to an aromatic ring is 1. The van der Waals surface area contributed by atoms with Gasteiger partial charge in [-0.05, 0) is 24.3 Å². The molecule has 2 aromatic rings. The Bertz CT molecular complexity index is 757. The molecule has 0 saturated heterocycles. The second-order valence-corrected chi connectivity index (χ2v) is 5.95. The number of nitrogens with two attached hydrogens (primary N) is 1. The standard InChI is InChI=1S/C13H10F3NO3S/c14-13(15,16)21(18,19)12-8-4-3-7-11(12)20-10-6-2-1-5-9(10)17/h1-8H,17H2. The Balaban J connectivity index is 2.51. The molecule has 0 bridgehead atoms. The van der Waals surface area contributed by atoms with Crippen LogP contribution >= 0.6 is 0 Å². The van der Waals surface area contributed by atoms with Crippen molar-refractivity contribution in [2.75, 3.05) is 5.73 Å². The van der Waals surface area contributed by atoms with Crippen LogP contribution in [0.5, 0.6) is 11.5 Å². The lowest BCUT2D eigenvalue weighted by molar-refractivity contribution is -0.0436. The molecule has 8 heteroatoms. The van der Waals surface area contributed by atoms with Crippen molar-refractivity contribution in [1.82, 2.24) is 0 Å². The summed E-state index contributed by atoms with van der Waals surface area (Å²) in [5, 5.41) is 0. The van der Waals surface area contributed by atoms with Crippen molar-refractivity contribution >= 4 is 15.5 Å². The van der Waals surface area contributed by atoms with E-state index in [2.05, 4.69) is 0 Å². The van der Waals surface area contributed by atoms with E-state index < -0.39 is 26.0 Å². The Morgan fingerprint density at radius 3 is 2.00 bits per heavy atom. The van der Waals surface area contributed by atoms with Crippen LogP contribution in [0.25, 0.3) is 0 Å². The predicted octanol–water partition coefficient (Wildman–Crippen LogP) is 3.35. The van der Waals surface area contributed by atoms with E-state index in [4.69, 9.17) is 10.5 Å². The lowest BCUT2D eigenvalue weighted by Crippen LogP contribution is -2.23. The van der Waals surface area contributed by atoms with Gasteiger partial charge in [-0.3, -0.25) is 0 Å². The van der Waals surface area contributed by atoms with Crippen molar-refractivity contribution in [2.45, 2.75) is 10.4 Å². The fourth-order valence-corrected chi connectivity index (χ4v) is 2.45. The summed E-state index contributed by atoms with van der Waals surface area (Å²) in [6, 6.07) is 10.6. The van der Waals surface area contributed by atoms with Crippen LogP contribution < -0.4 is 10.5 Å². The maximum atomic E-state index is 12.6. The van der Waals surface area contributed by atoms with Crippen LogP contribution in [0.3, 0.4) is 0 Å². The summed E-state index contributed by atoms with van der Waals surface area (Å²) in [5.41, 5.74) is 0.386. The first-order valence-electron chi connectivity index (χ1n) is 5.66. The fraction of sp³-hybridized carbons (Fsp3) is 0.0769. The van der Waals surface area contributed by atoms with E-state index in [0.29, 0.717) is 0 Å². The summed E-state index contributed by atoms with van der Waals surface area (Å²) >= 11 is 0. The van der Waals surface area contributed by atoms with E-state index in [1.807, 2.05) is 0 Å². The van der Waals surface area contributed by atoms with E-state index in [1.165, 1.54) is 24.3 Å². The minimum atomic E-state index is -5.51. The number of hydrogen-bond acceptors (Lipinski definition) is 4. The molecular formula is C13H10F3NO3S. The molecule has 2 rings (SSSR count). The molecule has 0 aromatic heterocycles. The SMILES string of the molecule is Nc1ccccc1Oc1ccccc1S(=O)(=O)C(F)(F)F. The number of benzene rings is 2. The highest BCUT2D eigenvalue weighted by molar-refractivity contribution is 7.92. The zero-order chi connectivity index (χ0) is 15.7. The Labute approximate surface area is 118 Å². The number of para-hydroxylation sites is 3. The van der Waals surface area contributed by atoms with Crippen molar-refractivity contribution in [3.63, 3.8) is 0 Å². The van der Waals surface area contributed by atoms with E-state index in [-0.39, 0.29) is 11.4 Å². The Morgan fingerprint density at radius 2 is 1.43 bits per heavy atom. The van der Waals surface area contributed by atoms with Crippen LogP contribution in [0, 0.1) is 0 Å². The minimum Gasteiger partial charge on any atom is -0.454 e. The molecule has 112 valence electrons. The molecule has 2 N–H and O–H groups in total. The van der Waals surface area contributed by atoms with Crippen molar-refractivity contribution in [3.05, 3.63) is 48.5 Å². The Morgan fingerprint density at radius 1 is 0.905 bits per heavy atom. The molecule has 4 nitrogen and oxygen atoms in total. The average molecular weight is 317 g/mol. The average Bonchev–Trinajstić information content (AvgIpc) is 2.40. The van der Waals surface area contributed by atoms with Gasteiger partial charge in [0.15, 0.2) is 0 Å². The van der Waals surface area contributed by atoms with Crippen LogP contribution in [0.1, 0.15) is 0 Å². The summed E-state index contributed by atoms with van der Waals surface area (Å²) in [5.74, 6) is -0.366. The third-order valence-corrected chi connectivity index (χ3v) is 4.11. The molecule has 0 heterocycles. The molecule has 21 heavy (non-hydrogen) atoms. The van der Waals surface area contributed by atoms with E-state index in [9.17, 15) is 21.6 Å². The summed E-state index contributed by atoms with van der Waals surface area (Å²) in [6.45, 7) is 0. The first-order chi connectivity index (χ1) is 9.73. The second-order valence-electron chi connectivity index (χ2n) is 4.04. The smallest absolute Gasteiger partial charge is 0.454 e. The van der Waals surface area contributed by atoms with Gasteiger partial charge >= 0.3 is 5.51 Å². The minimum absolute atomic E-state index is 0.0716. The zero-order valence-electron chi connectivity index (χ0n) is 10.5. The van der Waals surface area contributed by atoms with Crippen molar-refractivity contribution in [1.29, 1.82) is 0 Å². The molecule has 0 unspecified atom stereocenters. The first-order valence-corrected chi connectivity index (χ1v) is 7.14. The number of alkyl halides is 3. The normalized spacial score (nSPS) is 12.1. The number of ether oxygens (including phenoxy) is 1. The number of rotatable bonds is 3. The maximum absolute atomic E-state index is 12.6. The van der Waals surface area contributed by atoms with Crippen molar-refractivity contribution in [3.8, 4) is 11.5 Å². The van der Waals surface area contributed by atoms with E-state index >= 15 is 0 Å². The first kappa shape index (κ1) is 15.2. The zero-order valence-corrected chi connectivity index (χ0v) is 11.3. The molecule has 0 aliphatic carbocycles. The van der Waals surface area contributed by atoms with Gasteiger partial charge in [0.25, 0.3) is 9.84 Å². The largest absolute Gasteiger partial charge is 0.502 e. The van der Waals surface area contributed by atoms with Gasteiger partial charge in [-0.25, -0.2) is 8.42 Å². The Kier molecular flexibility index (Phi) is 3.82. The fourth-order valence-electron chi connectivity index (χ4n) is 1.57. The van der Waals surface area contributed by atoms with E-state index in [0.717, 1.165) is 12.1 Å². The summed E-state index contributed by atoms with van der Waals surface area (Å²) < 4.78 is 66.2. The van der Waals surface area contributed by atoms with Gasteiger partial charge < -0.3 is 10.5 Å². The topological polar surface area (TPSA) is 69.4 Å². The van der Waals surface area contributed by atoms with Gasteiger partial charge in [-0.2, -0.15) is 13.2 Å². The molecule has 0 aliphatic rings. The van der Waals surface area contributed by atoms with Crippen LogP contribution in [0.4, 0.5) is 18.9 Å². The van der Waals surface area contributed by atoms with Crippen LogP contribution in [0.2, 0.25) is 0 Å². The molecule has 2 aromatic carbocycles. The van der Waals surface area contributed by atoms with Gasteiger partial charge in [0.1, 0.15) is 16.4 Å². The summed E-state index contributed by atoms with van der Waals surface area (Å²) in [6.07, 6.45) is 0. The quantitative estimate of drug-likeness (QED) is 0.881. The molecule has 0 atom stereocenters. The van der Waals surface area contributed by atoms with Crippen LogP contribution in [0.15, 0.2) is 53.4 Å². The summed E-state index contributed by atoms with van der Waals surface area (Å²) in [4.78, 5) is -0.958. The molecule has 0 saturated carbocycles. The van der Waals surface area contributed by atoms with Gasteiger partial charge in [0.05, 0.1) is 5.69 Å². The molecule has 0 radical (unpaired) electrons. The maximum Gasteiger partial charge on any atom is 0.502 e. The summed E-state index contributed by atoms with van der Waals surface area (Å²) in [7, 11) is -5.51. The van der Waals surface area contributed by atoms with Gasteiger partial charge in [0.2, 0.25) is 0 Å². The van der Waals surface area contributed by atoms with Gasteiger partial charge in [0, 0.05) is 0 Å². The third-order valence-electron chi connectivity index (χ3n) is 2.58.